The van der Waals surface area contributed by atoms with Gasteiger partial charge in [0.1, 0.15) is 0 Å². The van der Waals surface area contributed by atoms with Gasteiger partial charge < -0.3 is 16.0 Å². The van der Waals surface area contributed by atoms with E-state index < -0.39 is 11.7 Å². The van der Waals surface area contributed by atoms with E-state index in [4.69, 9.17) is 16.0 Å². The van der Waals surface area contributed by atoms with Crippen LogP contribution in [0, 0.1) is 0 Å². The average Bonchev–Trinajstić information content (AvgIpc) is 2.40. The number of nitrogens with zero attached hydrogens (tertiary/aromatic N) is 1. The van der Waals surface area contributed by atoms with Crippen LogP contribution in [0.2, 0.25) is 0 Å². The van der Waals surface area contributed by atoms with Crippen LogP contribution >= 0.6 is 0 Å². The number of carboxylic acid groups (broad SMARTS) is 1. The number of hydrogen-bond donors (Lipinski definition) is 3. The van der Waals surface area contributed by atoms with Crippen molar-refractivity contribution in [3.8, 4) is 11.1 Å². The van der Waals surface area contributed by atoms with E-state index in [1.807, 2.05) is 0 Å². The van der Waals surface area contributed by atoms with E-state index in [-0.39, 0.29) is 0 Å². The summed E-state index contributed by atoms with van der Waals surface area (Å²) >= 11 is 0. The number of hydrogen-bond acceptors (Lipinski definition) is 4. The Labute approximate surface area is 109 Å². The summed E-state index contributed by atoms with van der Waals surface area (Å²) in [6.45, 7) is 0. The van der Waals surface area contributed by atoms with Crippen LogP contribution in [0.1, 0.15) is 5.56 Å². The maximum absolute atomic E-state index is 11.1. The molecule has 2 rings (SSSR count). The van der Waals surface area contributed by atoms with Crippen molar-refractivity contribution in [1.82, 2.24) is 0 Å². The molecule has 0 atom stereocenters. The number of aliphatic carboxylic acids is 1. The largest absolute Gasteiger partial charge is 0.476 e. The predicted molar refractivity (Wildman–Crippen MR) is 72.2 cm³/mol. The van der Waals surface area contributed by atoms with Gasteiger partial charge in [-0.05, 0) is 11.6 Å². The zero-order valence-electron chi connectivity index (χ0n) is 9.95. The average molecular weight is 256 g/mol. The number of benzene rings is 2. The van der Waals surface area contributed by atoms with Crippen molar-refractivity contribution >= 4 is 17.4 Å². The number of carboxylic acids is 1. The van der Waals surface area contributed by atoms with Crippen molar-refractivity contribution in [2.45, 2.75) is 0 Å². The second-order valence-electron chi connectivity index (χ2n) is 3.89. The summed E-state index contributed by atoms with van der Waals surface area (Å²) in [6.07, 6.45) is 0. The molecule has 0 radical (unpaired) electrons. The zero-order valence-corrected chi connectivity index (χ0v) is 9.95. The molecule has 2 aromatic rings. The number of carbonyl (C=O) groups is 1. The fraction of sp³-hybridized carbons (Fsp3) is 0. The van der Waals surface area contributed by atoms with Crippen molar-refractivity contribution in [3.05, 3.63) is 54.1 Å². The highest BCUT2D eigenvalue weighted by molar-refractivity contribution is 6.43. The lowest BCUT2D eigenvalue weighted by Crippen LogP contribution is -2.15. The van der Waals surface area contributed by atoms with E-state index in [0.29, 0.717) is 22.4 Å². The van der Waals surface area contributed by atoms with E-state index in [2.05, 4.69) is 5.16 Å². The lowest BCUT2D eigenvalue weighted by atomic mass is 9.95. The maximum Gasteiger partial charge on any atom is 0.358 e. The molecule has 0 aromatic heterocycles. The van der Waals surface area contributed by atoms with Crippen molar-refractivity contribution in [2.75, 3.05) is 5.73 Å². The number of nitrogens with two attached hydrogens (primary N) is 1. The molecule has 0 saturated heterocycles. The lowest BCUT2D eigenvalue weighted by molar-refractivity contribution is -0.129. The smallest absolute Gasteiger partial charge is 0.358 e. The zero-order chi connectivity index (χ0) is 13.8. The Morgan fingerprint density at radius 3 is 2.16 bits per heavy atom. The third-order valence-corrected chi connectivity index (χ3v) is 2.74. The third kappa shape index (κ3) is 2.40. The van der Waals surface area contributed by atoms with Crippen LogP contribution in [-0.2, 0) is 4.79 Å². The maximum atomic E-state index is 11.1. The summed E-state index contributed by atoms with van der Waals surface area (Å²) < 4.78 is 0. The highest BCUT2D eigenvalue weighted by atomic mass is 16.4. The van der Waals surface area contributed by atoms with Crippen LogP contribution in [0.25, 0.3) is 11.1 Å². The molecule has 0 saturated carbocycles. The van der Waals surface area contributed by atoms with Crippen LogP contribution in [0.15, 0.2) is 53.7 Å². The second-order valence-corrected chi connectivity index (χ2v) is 3.89. The minimum atomic E-state index is -1.30. The Morgan fingerprint density at radius 1 is 1.00 bits per heavy atom. The highest BCUT2D eigenvalue weighted by Crippen LogP contribution is 2.29. The van der Waals surface area contributed by atoms with Gasteiger partial charge >= 0.3 is 5.97 Å². The summed E-state index contributed by atoms with van der Waals surface area (Å²) in [4.78, 5) is 11.1. The molecule has 0 fully saturated rings. The summed E-state index contributed by atoms with van der Waals surface area (Å²) in [6, 6.07) is 13.8. The van der Waals surface area contributed by atoms with Crippen molar-refractivity contribution in [2.24, 2.45) is 5.16 Å². The molecule has 19 heavy (non-hydrogen) atoms. The Morgan fingerprint density at radius 2 is 1.58 bits per heavy atom. The monoisotopic (exact) mass is 256 g/mol. The molecule has 4 N–H and O–H groups in total. The molecule has 0 unspecified atom stereocenters. The standard InChI is InChI=1S/C14H12N2O3/c15-12-8-4-3-6-10(12)9-5-1-2-7-11(9)13(16-19)14(17)18/h1-8,19H,15H2,(H,17,18)/b16-13-. The van der Waals surface area contributed by atoms with Crippen LogP contribution in [0.4, 0.5) is 5.69 Å². The lowest BCUT2D eigenvalue weighted by Gasteiger charge is -2.10. The molecular formula is C14H12N2O3. The SMILES string of the molecule is Nc1ccccc1-c1ccccc1/C(=N/O)C(=O)O. The molecule has 2 aromatic carbocycles. The number of nitrogen functional groups attached to an aromatic ring is 1. The molecular weight excluding hydrogens is 244 g/mol. The van der Waals surface area contributed by atoms with Crippen molar-refractivity contribution in [1.29, 1.82) is 0 Å². The number of anilines is 1. The highest BCUT2D eigenvalue weighted by Gasteiger charge is 2.18. The molecule has 0 aliphatic heterocycles. The summed E-state index contributed by atoms with van der Waals surface area (Å²) in [7, 11) is 0. The third-order valence-electron chi connectivity index (χ3n) is 2.74. The predicted octanol–water partition coefficient (Wildman–Crippen LogP) is 2.20. The van der Waals surface area contributed by atoms with Gasteiger partial charge in [-0.1, -0.05) is 47.6 Å². The Bertz CT molecular complexity index is 651. The Hall–Kier alpha value is -2.82. The minimum Gasteiger partial charge on any atom is -0.476 e. The van der Waals surface area contributed by atoms with E-state index in [9.17, 15) is 4.79 Å². The number of rotatable bonds is 3. The molecule has 0 amide bonds. The second kappa shape index (κ2) is 5.22. The van der Waals surface area contributed by atoms with E-state index in [0.717, 1.165) is 0 Å². The fourth-order valence-electron chi connectivity index (χ4n) is 1.88. The van der Waals surface area contributed by atoms with E-state index >= 15 is 0 Å². The van der Waals surface area contributed by atoms with Gasteiger partial charge in [0.25, 0.3) is 0 Å². The normalized spacial score (nSPS) is 11.3. The number of para-hydroxylation sites is 1. The quantitative estimate of drug-likeness (QED) is 0.339. The fourth-order valence-corrected chi connectivity index (χ4v) is 1.88. The molecule has 0 spiro atoms. The van der Waals surface area contributed by atoms with Gasteiger partial charge in [0.2, 0.25) is 0 Å². The molecule has 0 aliphatic rings. The topological polar surface area (TPSA) is 95.9 Å². The van der Waals surface area contributed by atoms with Gasteiger partial charge in [0.05, 0.1) is 0 Å². The van der Waals surface area contributed by atoms with Gasteiger partial charge in [-0.3, -0.25) is 0 Å². The molecule has 0 bridgehead atoms. The van der Waals surface area contributed by atoms with Crippen LogP contribution in [0.5, 0.6) is 0 Å². The first-order valence-electron chi connectivity index (χ1n) is 5.54. The summed E-state index contributed by atoms with van der Waals surface area (Å²) in [5.41, 5.74) is 7.61. The molecule has 5 nitrogen and oxygen atoms in total. The van der Waals surface area contributed by atoms with Crippen LogP contribution < -0.4 is 5.73 Å². The number of oxime groups is 1. The van der Waals surface area contributed by atoms with E-state index in [1.165, 1.54) is 0 Å². The van der Waals surface area contributed by atoms with E-state index in [1.54, 1.807) is 48.5 Å². The molecule has 96 valence electrons. The summed E-state index contributed by atoms with van der Waals surface area (Å²) in [5.74, 6) is -1.30. The Kier molecular flexibility index (Phi) is 3.47. The van der Waals surface area contributed by atoms with Crippen LogP contribution in [-0.4, -0.2) is 22.0 Å². The van der Waals surface area contributed by atoms with Gasteiger partial charge in [0, 0.05) is 16.8 Å². The molecule has 0 aliphatic carbocycles. The molecule has 5 heteroatoms. The van der Waals surface area contributed by atoms with Crippen molar-refractivity contribution < 1.29 is 15.1 Å². The Balaban J connectivity index is 2.67. The first-order valence-corrected chi connectivity index (χ1v) is 5.54. The minimum absolute atomic E-state index is 0.315. The van der Waals surface area contributed by atoms with Crippen LogP contribution in [0.3, 0.4) is 0 Å². The van der Waals surface area contributed by atoms with Gasteiger partial charge in [0.15, 0.2) is 5.71 Å². The van der Waals surface area contributed by atoms with Gasteiger partial charge in [-0.2, -0.15) is 0 Å². The first-order chi connectivity index (χ1) is 9.15. The summed E-state index contributed by atoms with van der Waals surface area (Å²) in [5, 5.41) is 20.8. The van der Waals surface area contributed by atoms with Gasteiger partial charge in [-0.15, -0.1) is 0 Å². The van der Waals surface area contributed by atoms with Gasteiger partial charge in [-0.25, -0.2) is 4.79 Å². The van der Waals surface area contributed by atoms with Crippen molar-refractivity contribution in [3.63, 3.8) is 0 Å². The molecule has 0 heterocycles. The first kappa shape index (κ1) is 12.6.